The van der Waals surface area contributed by atoms with Gasteiger partial charge in [-0.2, -0.15) is 0 Å². The number of ketones is 1. The minimum atomic E-state index is -0.632. The van der Waals surface area contributed by atoms with Crippen LogP contribution in [0.3, 0.4) is 0 Å². The molecule has 28 heavy (non-hydrogen) atoms. The lowest BCUT2D eigenvalue weighted by molar-refractivity contribution is -0.129. The second-order valence-corrected chi connectivity index (χ2v) is 8.31. The number of imide groups is 1. The van der Waals surface area contributed by atoms with Crippen LogP contribution in [0.1, 0.15) is 5.56 Å². The quantitative estimate of drug-likeness (QED) is 0.694. The smallest absolute Gasteiger partial charge is 0.239 e. The van der Waals surface area contributed by atoms with E-state index < -0.39 is 17.9 Å². The van der Waals surface area contributed by atoms with Crippen LogP contribution in [-0.4, -0.2) is 34.6 Å². The van der Waals surface area contributed by atoms with Crippen molar-refractivity contribution < 1.29 is 14.4 Å². The Balaban J connectivity index is 1.52. The summed E-state index contributed by atoms with van der Waals surface area (Å²) in [7, 11) is 0. The molecule has 3 aliphatic rings. The number of rotatable bonds is 3. The highest BCUT2D eigenvalue weighted by molar-refractivity contribution is 9.10. The monoisotopic (exact) mass is 436 g/mol. The Hall–Kier alpha value is -2.57. The third-order valence-corrected chi connectivity index (χ3v) is 6.36. The predicted octanol–water partition coefficient (Wildman–Crippen LogP) is 2.95. The lowest BCUT2D eigenvalue weighted by Gasteiger charge is -2.33. The highest BCUT2D eigenvalue weighted by Gasteiger charge is 2.64. The van der Waals surface area contributed by atoms with Crippen molar-refractivity contribution >= 4 is 39.2 Å². The maximum Gasteiger partial charge on any atom is 0.239 e. The van der Waals surface area contributed by atoms with Crippen molar-refractivity contribution in [1.82, 2.24) is 4.90 Å². The average Bonchev–Trinajstić information content (AvgIpc) is 3.06. The lowest BCUT2D eigenvalue weighted by atomic mass is 9.90. The molecule has 2 saturated heterocycles. The molecule has 0 aliphatic carbocycles. The minimum absolute atomic E-state index is 0.102. The Morgan fingerprint density at radius 3 is 2.39 bits per heavy atom. The third-order valence-electron chi connectivity index (χ3n) is 5.86. The summed E-state index contributed by atoms with van der Waals surface area (Å²) in [6.07, 6.45) is 3.33. The van der Waals surface area contributed by atoms with Gasteiger partial charge >= 0.3 is 0 Å². The van der Waals surface area contributed by atoms with Crippen LogP contribution < -0.4 is 4.90 Å². The molecule has 140 valence electrons. The second kappa shape index (κ2) is 6.50. The number of halogens is 1. The number of anilines is 1. The van der Waals surface area contributed by atoms with Crippen LogP contribution in [-0.2, 0) is 20.9 Å². The van der Waals surface area contributed by atoms with Crippen LogP contribution in [0.15, 0.2) is 71.2 Å². The number of hydrogen-bond donors (Lipinski definition) is 0. The van der Waals surface area contributed by atoms with Gasteiger partial charge < -0.3 is 0 Å². The molecule has 0 N–H and O–H groups in total. The van der Waals surface area contributed by atoms with Crippen LogP contribution in [0.2, 0.25) is 0 Å². The summed E-state index contributed by atoms with van der Waals surface area (Å²) in [5.74, 6) is -1.74. The van der Waals surface area contributed by atoms with E-state index in [4.69, 9.17) is 0 Å². The zero-order valence-electron chi connectivity index (χ0n) is 14.9. The maximum atomic E-state index is 13.2. The van der Waals surface area contributed by atoms with E-state index in [0.29, 0.717) is 12.2 Å². The van der Waals surface area contributed by atoms with Crippen molar-refractivity contribution in [2.24, 2.45) is 11.8 Å². The number of benzene rings is 2. The molecule has 2 amide bonds. The fourth-order valence-electron chi connectivity index (χ4n) is 4.75. The summed E-state index contributed by atoms with van der Waals surface area (Å²) in [6, 6.07) is 16.0. The molecule has 5 nitrogen and oxygen atoms in total. The van der Waals surface area contributed by atoms with Crippen molar-refractivity contribution in [2.45, 2.75) is 18.6 Å². The fourth-order valence-corrected chi connectivity index (χ4v) is 5.19. The summed E-state index contributed by atoms with van der Waals surface area (Å²) in [4.78, 5) is 42.5. The maximum absolute atomic E-state index is 13.2. The van der Waals surface area contributed by atoms with Gasteiger partial charge in [-0.05, 0) is 35.9 Å². The van der Waals surface area contributed by atoms with Crippen LogP contribution >= 0.6 is 15.9 Å². The van der Waals surface area contributed by atoms with Gasteiger partial charge in [0.2, 0.25) is 11.8 Å². The summed E-state index contributed by atoms with van der Waals surface area (Å²) in [6.45, 7) is 0.518. The molecule has 3 heterocycles. The molecule has 0 saturated carbocycles. The van der Waals surface area contributed by atoms with Crippen molar-refractivity contribution in [3.63, 3.8) is 0 Å². The van der Waals surface area contributed by atoms with Gasteiger partial charge in [0, 0.05) is 17.1 Å². The first kappa shape index (κ1) is 17.5. The van der Waals surface area contributed by atoms with Crippen LogP contribution in [0, 0.1) is 11.8 Å². The van der Waals surface area contributed by atoms with E-state index in [2.05, 4.69) is 15.9 Å². The molecular weight excluding hydrogens is 420 g/mol. The molecule has 0 aromatic heterocycles. The van der Waals surface area contributed by atoms with Crippen LogP contribution in [0.4, 0.5) is 5.69 Å². The molecule has 2 aromatic rings. The first-order valence-electron chi connectivity index (χ1n) is 9.21. The van der Waals surface area contributed by atoms with Gasteiger partial charge in [-0.25, -0.2) is 4.90 Å². The first-order chi connectivity index (χ1) is 13.6. The number of nitrogens with zero attached hydrogens (tertiary/aromatic N) is 2. The normalized spacial score (nSPS) is 28.9. The molecule has 2 bridgehead atoms. The Kier molecular flexibility index (Phi) is 4.07. The van der Waals surface area contributed by atoms with Crippen LogP contribution in [0.5, 0.6) is 0 Å². The van der Waals surface area contributed by atoms with Crippen molar-refractivity contribution in [3.05, 3.63) is 76.8 Å². The van der Waals surface area contributed by atoms with Crippen molar-refractivity contribution in [2.75, 3.05) is 4.90 Å². The topological polar surface area (TPSA) is 57.7 Å². The van der Waals surface area contributed by atoms with E-state index in [0.717, 1.165) is 10.0 Å². The van der Waals surface area contributed by atoms with Gasteiger partial charge in [-0.1, -0.05) is 52.3 Å². The highest BCUT2D eigenvalue weighted by Crippen LogP contribution is 2.47. The summed E-state index contributed by atoms with van der Waals surface area (Å²) in [5, 5.41) is 0. The van der Waals surface area contributed by atoms with E-state index in [-0.39, 0.29) is 23.6 Å². The molecule has 6 heteroatoms. The number of hydrogen-bond acceptors (Lipinski definition) is 4. The number of carbonyl (C=O) groups is 3. The number of amides is 2. The molecule has 4 atom stereocenters. The molecule has 3 aliphatic heterocycles. The largest absolute Gasteiger partial charge is 0.293 e. The van der Waals surface area contributed by atoms with E-state index >= 15 is 0 Å². The number of fused-ring (bicyclic) bond motifs is 5. The SMILES string of the molecule is O=C1C=CC2C3C(=O)N(c4ccccc4)C(=O)C3C1N2Cc1cccc(Br)c1. The molecule has 2 aromatic carbocycles. The molecule has 0 radical (unpaired) electrons. The van der Waals surface area contributed by atoms with Gasteiger partial charge in [0.1, 0.15) is 0 Å². The second-order valence-electron chi connectivity index (χ2n) is 7.40. The van der Waals surface area contributed by atoms with Gasteiger partial charge in [0.25, 0.3) is 0 Å². The highest BCUT2D eigenvalue weighted by atomic mass is 79.9. The molecule has 2 fully saturated rings. The first-order valence-corrected chi connectivity index (χ1v) is 10.0. The predicted molar refractivity (Wildman–Crippen MR) is 107 cm³/mol. The van der Waals surface area contributed by atoms with E-state index in [1.54, 1.807) is 36.4 Å². The molecule has 5 rings (SSSR count). The number of para-hydroxylation sites is 1. The van der Waals surface area contributed by atoms with Crippen LogP contribution in [0.25, 0.3) is 0 Å². The Morgan fingerprint density at radius 2 is 1.64 bits per heavy atom. The molecule has 0 spiro atoms. The summed E-state index contributed by atoms with van der Waals surface area (Å²) < 4.78 is 0.957. The van der Waals surface area contributed by atoms with Gasteiger partial charge in [0.15, 0.2) is 5.78 Å². The number of carbonyl (C=O) groups excluding carboxylic acids is 3. The summed E-state index contributed by atoms with van der Waals surface area (Å²) in [5.41, 5.74) is 1.60. The molecular formula is C22H17BrN2O3. The van der Waals surface area contributed by atoms with E-state index in [9.17, 15) is 14.4 Å². The van der Waals surface area contributed by atoms with Crippen molar-refractivity contribution in [1.29, 1.82) is 0 Å². The third kappa shape index (κ3) is 2.52. The summed E-state index contributed by atoms with van der Waals surface area (Å²) >= 11 is 3.47. The Labute approximate surface area is 170 Å². The Bertz CT molecular complexity index is 1020. The Morgan fingerprint density at radius 1 is 0.893 bits per heavy atom. The van der Waals surface area contributed by atoms with Crippen molar-refractivity contribution in [3.8, 4) is 0 Å². The van der Waals surface area contributed by atoms with Gasteiger partial charge in [0.05, 0.1) is 23.6 Å². The fraction of sp³-hybridized carbons (Fsp3) is 0.227. The zero-order valence-corrected chi connectivity index (χ0v) is 16.5. The minimum Gasteiger partial charge on any atom is -0.293 e. The average molecular weight is 437 g/mol. The lowest BCUT2D eigenvalue weighted by Crippen LogP contribution is -2.48. The van der Waals surface area contributed by atoms with E-state index in [1.165, 1.54) is 4.90 Å². The zero-order chi connectivity index (χ0) is 19.4. The van der Waals surface area contributed by atoms with E-state index in [1.807, 2.05) is 35.2 Å². The standard InChI is InChI=1S/C22H17BrN2O3/c23-14-6-4-5-13(11-14)12-24-16-9-10-17(26)20(24)19-18(16)21(27)25(22(19)28)15-7-2-1-3-8-15/h1-11,16,18-20H,12H2. The van der Waals surface area contributed by atoms with Gasteiger partial charge in [-0.15, -0.1) is 0 Å². The van der Waals surface area contributed by atoms with Gasteiger partial charge in [-0.3, -0.25) is 19.3 Å². The molecule has 4 unspecified atom stereocenters.